The number of hydrogen-bond acceptors (Lipinski definition) is 2. The van der Waals surface area contributed by atoms with E-state index in [0.717, 1.165) is 0 Å². The first-order valence-electron chi connectivity index (χ1n) is 5.29. The highest BCUT2D eigenvalue weighted by atomic mass is 16.3. The molecule has 2 bridgehead atoms. The molecule has 1 aliphatic heterocycles. The first-order valence-corrected chi connectivity index (χ1v) is 5.29. The van der Waals surface area contributed by atoms with Crippen molar-refractivity contribution in [2.24, 2.45) is 0 Å². The fourth-order valence-corrected chi connectivity index (χ4v) is 2.95. The van der Waals surface area contributed by atoms with E-state index >= 15 is 0 Å². The van der Waals surface area contributed by atoms with Gasteiger partial charge in [-0.1, -0.05) is 6.07 Å². The fourth-order valence-electron chi connectivity index (χ4n) is 2.95. The Hall–Kier alpha value is -1.02. The molecule has 74 valence electrons. The van der Waals surface area contributed by atoms with Crippen LogP contribution in [0.15, 0.2) is 18.2 Å². The summed E-state index contributed by atoms with van der Waals surface area (Å²) >= 11 is 0. The maximum atomic E-state index is 9.47. The highest BCUT2D eigenvalue weighted by Crippen LogP contribution is 2.48. The molecule has 1 N–H and O–H groups in total. The number of rotatable bonds is 0. The van der Waals surface area contributed by atoms with E-state index in [1.54, 1.807) is 0 Å². The van der Waals surface area contributed by atoms with Crippen LogP contribution in [0, 0.1) is 0 Å². The number of phenols is 1. The number of likely N-dealkylation sites (tertiary alicyclic amines) is 1. The minimum Gasteiger partial charge on any atom is -0.508 e. The van der Waals surface area contributed by atoms with Crippen LogP contribution < -0.4 is 0 Å². The molecular weight excluding hydrogens is 174 g/mol. The summed E-state index contributed by atoms with van der Waals surface area (Å²) in [4.78, 5) is 2.43. The maximum absolute atomic E-state index is 9.47. The number of piperidine rings is 1. The van der Waals surface area contributed by atoms with Crippen LogP contribution in [0.5, 0.6) is 5.75 Å². The Morgan fingerprint density at radius 3 is 3.07 bits per heavy atom. The minimum atomic E-state index is 0.416. The summed E-state index contributed by atoms with van der Waals surface area (Å²) in [5.74, 6) is 1.11. The van der Waals surface area contributed by atoms with Crippen LogP contribution in [0.2, 0.25) is 0 Å². The summed E-state index contributed by atoms with van der Waals surface area (Å²) in [6.45, 7) is 1.19. The van der Waals surface area contributed by atoms with E-state index < -0.39 is 0 Å². The molecule has 1 aromatic carbocycles. The van der Waals surface area contributed by atoms with Crippen molar-refractivity contribution in [1.82, 2.24) is 4.90 Å². The van der Waals surface area contributed by atoms with Crippen molar-refractivity contribution in [2.45, 2.75) is 24.8 Å². The van der Waals surface area contributed by atoms with Gasteiger partial charge in [-0.05, 0) is 55.6 Å². The summed E-state index contributed by atoms with van der Waals surface area (Å²) in [5, 5.41) is 9.47. The lowest BCUT2D eigenvalue weighted by atomic mass is 9.96. The predicted octanol–water partition coefficient (Wildman–Crippen LogP) is 2.26. The Bertz CT molecular complexity index is 375. The second-order valence-corrected chi connectivity index (χ2v) is 4.53. The van der Waals surface area contributed by atoms with Crippen LogP contribution in [0.4, 0.5) is 0 Å². The number of hydrogen-bond donors (Lipinski definition) is 1. The molecule has 3 rings (SSSR count). The van der Waals surface area contributed by atoms with Gasteiger partial charge in [-0.15, -0.1) is 0 Å². The lowest BCUT2D eigenvalue weighted by Crippen LogP contribution is -2.28. The van der Waals surface area contributed by atoms with Crippen LogP contribution in [0.1, 0.15) is 35.9 Å². The Morgan fingerprint density at radius 2 is 2.21 bits per heavy atom. The number of aromatic hydroxyl groups is 1. The van der Waals surface area contributed by atoms with Gasteiger partial charge in [0.2, 0.25) is 0 Å². The molecule has 0 unspecified atom stereocenters. The van der Waals surface area contributed by atoms with Crippen molar-refractivity contribution < 1.29 is 5.11 Å². The van der Waals surface area contributed by atoms with Crippen molar-refractivity contribution >= 4 is 0 Å². The van der Waals surface area contributed by atoms with Gasteiger partial charge in [-0.2, -0.15) is 0 Å². The van der Waals surface area contributed by atoms with Crippen LogP contribution in [-0.2, 0) is 0 Å². The Balaban J connectivity index is 2.13. The average molecular weight is 189 g/mol. The third-order valence-electron chi connectivity index (χ3n) is 3.74. The average Bonchev–Trinajstić information content (AvgIpc) is 2.47. The van der Waals surface area contributed by atoms with E-state index in [-0.39, 0.29) is 0 Å². The Kier molecular flexibility index (Phi) is 1.62. The molecule has 1 aliphatic carbocycles. The zero-order valence-corrected chi connectivity index (χ0v) is 8.40. The molecule has 2 heteroatoms. The standard InChI is InChI=1S/C12H15NO/c1-13-5-4-8-6-12(13)10-3-2-9(14)7-11(8)10/h2-3,7-8,12,14H,4-6H2,1H3/t8-,12+/m1/s1. The number of fused-ring (bicyclic) bond motifs is 5. The van der Waals surface area contributed by atoms with Crippen LogP contribution >= 0.6 is 0 Å². The Morgan fingerprint density at radius 1 is 1.36 bits per heavy atom. The molecule has 0 spiro atoms. The molecule has 0 amide bonds. The smallest absolute Gasteiger partial charge is 0.115 e. The quantitative estimate of drug-likeness (QED) is 0.676. The van der Waals surface area contributed by atoms with Gasteiger partial charge in [-0.3, -0.25) is 4.90 Å². The van der Waals surface area contributed by atoms with Gasteiger partial charge >= 0.3 is 0 Å². The van der Waals surface area contributed by atoms with Gasteiger partial charge in [0.1, 0.15) is 5.75 Å². The van der Waals surface area contributed by atoms with E-state index in [2.05, 4.69) is 18.0 Å². The van der Waals surface area contributed by atoms with E-state index in [0.29, 0.717) is 17.7 Å². The second-order valence-electron chi connectivity index (χ2n) is 4.53. The topological polar surface area (TPSA) is 23.5 Å². The highest BCUT2D eigenvalue weighted by molar-refractivity contribution is 5.43. The van der Waals surface area contributed by atoms with Gasteiger partial charge in [0, 0.05) is 6.04 Å². The van der Waals surface area contributed by atoms with E-state index in [9.17, 15) is 5.11 Å². The number of phenolic OH excluding ortho intramolecular Hbond substituents is 1. The third-order valence-corrected chi connectivity index (χ3v) is 3.74. The predicted molar refractivity (Wildman–Crippen MR) is 55.5 cm³/mol. The normalized spacial score (nSPS) is 30.4. The summed E-state index contributed by atoms with van der Waals surface area (Å²) in [7, 11) is 2.20. The van der Waals surface area contributed by atoms with Gasteiger partial charge in [0.25, 0.3) is 0 Å². The van der Waals surface area contributed by atoms with Crippen molar-refractivity contribution in [3.8, 4) is 5.75 Å². The molecular formula is C12H15NO. The summed E-state index contributed by atoms with van der Waals surface area (Å²) in [5.41, 5.74) is 2.83. The minimum absolute atomic E-state index is 0.416. The van der Waals surface area contributed by atoms with Gasteiger partial charge in [-0.25, -0.2) is 0 Å². The summed E-state index contributed by atoms with van der Waals surface area (Å²) < 4.78 is 0. The lowest BCUT2D eigenvalue weighted by Gasteiger charge is -2.29. The van der Waals surface area contributed by atoms with Crippen LogP contribution in [-0.4, -0.2) is 23.6 Å². The fraction of sp³-hybridized carbons (Fsp3) is 0.500. The molecule has 0 radical (unpaired) electrons. The van der Waals surface area contributed by atoms with E-state index in [1.807, 2.05) is 12.1 Å². The zero-order valence-electron chi connectivity index (χ0n) is 8.40. The molecule has 2 atom stereocenters. The Labute approximate surface area is 84.2 Å². The molecule has 1 aromatic rings. The third kappa shape index (κ3) is 1.01. The first-order chi connectivity index (χ1) is 6.75. The molecule has 1 fully saturated rings. The van der Waals surface area contributed by atoms with Crippen LogP contribution in [0.25, 0.3) is 0 Å². The van der Waals surface area contributed by atoms with Crippen molar-refractivity contribution in [2.75, 3.05) is 13.6 Å². The summed E-state index contributed by atoms with van der Waals surface area (Å²) in [6, 6.07) is 6.47. The van der Waals surface area contributed by atoms with Crippen molar-refractivity contribution in [3.63, 3.8) is 0 Å². The molecule has 0 aromatic heterocycles. The lowest BCUT2D eigenvalue weighted by molar-refractivity contribution is 0.192. The number of nitrogens with zero attached hydrogens (tertiary/aromatic N) is 1. The largest absolute Gasteiger partial charge is 0.508 e. The van der Waals surface area contributed by atoms with Crippen molar-refractivity contribution in [1.29, 1.82) is 0 Å². The SMILES string of the molecule is CN1CC[C@@H]2C[C@H]1c1ccc(O)cc12. The monoisotopic (exact) mass is 189 g/mol. The molecule has 1 heterocycles. The molecule has 0 saturated carbocycles. The second kappa shape index (κ2) is 2.74. The maximum Gasteiger partial charge on any atom is 0.115 e. The van der Waals surface area contributed by atoms with Gasteiger partial charge in [0.15, 0.2) is 0 Å². The highest BCUT2D eigenvalue weighted by Gasteiger charge is 2.36. The van der Waals surface area contributed by atoms with Crippen LogP contribution in [0.3, 0.4) is 0 Å². The van der Waals surface area contributed by atoms with Gasteiger partial charge < -0.3 is 5.11 Å². The van der Waals surface area contributed by atoms with Gasteiger partial charge in [0.05, 0.1) is 0 Å². The van der Waals surface area contributed by atoms with Crippen molar-refractivity contribution in [3.05, 3.63) is 29.3 Å². The molecule has 1 saturated heterocycles. The summed E-state index contributed by atoms with van der Waals surface area (Å²) in [6.07, 6.45) is 2.48. The zero-order chi connectivity index (χ0) is 9.71. The first kappa shape index (κ1) is 8.30. The molecule has 2 aliphatic rings. The molecule has 14 heavy (non-hydrogen) atoms. The van der Waals surface area contributed by atoms with E-state index in [1.165, 1.54) is 30.5 Å². The number of benzene rings is 1. The molecule has 2 nitrogen and oxygen atoms in total. The van der Waals surface area contributed by atoms with E-state index in [4.69, 9.17) is 0 Å².